The van der Waals surface area contributed by atoms with Crippen LogP contribution < -0.4 is 0 Å². The normalized spacial score (nSPS) is 11.8. The third-order valence-corrected chi connectivity index (χ3v) is 2.97. The van der Waals surface area contributed by atoms with E-state index in [1.54, 1.807) is 30.3 Å². The highest BCUT2D eigenvalue weighted by atomic mass is 19.4. The van der Waals surface area contributed by atoms with E-state index in [1.807, 2.05) is 6.07 Å². The van der Waals surface area contributed by atoms with Crippen LogP contribution >= 0.6 is 0 Å². The third-order valence-electron chi connectivity index (χ3n) is 2.97. The molecule has 3 rings (SSSR count). The average molecular weight is 291 g/mol. The first-order valence-electron chi connectivity index (χ1n) is 5.98. The lowest BCUT2D eigenvalue weighted by Crippen LogP contribution is -2.22. The van der Waals surface area contributed by atoms with Gasteiger partial charge in [0.25, 0.3) is 5.78 Å². The molecule has 0 saturated carbocycles. The summed E-state index contributed by atoms with van der Waals surface area (Å²) in [6.45, 7) is 0. The maximum Gasteiger partial charge on any atom is 0.455 e. The van der Waals surface area contributed by atoms with Gasteiger partial charge in [0.15, 0.2) is 5.65 Å². The summed E-state index contributed by atoms with van der Waals surface area (Å²) < 4.78 is 38.9. The second-order valence-corrected chi connectivity index (χ2v) is 4.32. The summed E-state index contributed by atoms with van der Waals surface area (Å²) in [7, 11) is 0. The molecule has 2 heterocycles. The first kappa shape index (κ1) is 13.3. The number of hydrogen-bond donors (Lipinski definition) is 0. The molecule has 0 amide bonds. The predicted octanol–water partition coefficient (Wildman–Crippen LogP) is 3.14. The first-order valence-corrected chi connectivity index (χ1v) is 5.98. The van der Waals surface area contributed by atoms with Crippen molar-refractivity contribution >= 4 is 11.4 Å². The number of aromatic nitrogens is 3. The van der Waals surface area contributed by atoms with Crippen molar-refractivity contribution in [1.29, 1.82) is 0 Å². The van der Waals surface area contributed by atoms with Crippen LogP contribution in [-0.4, -0.2) is 26.6 Å². The Hall–Kier alpha value is -2.70. The lowest BCUT2D eigenvalue weighted by molar-refractivity contribution is -0.0884. The smallest absolute Gasteiger partial charge is 0.284 e. The van der Waals surface area contributed by atoms with Gasteiger partial charge in [0.1, 0.15) is 0 Å². The van der Waals surface area contributed by atoms with Gasteiger partial charge in [-0.3, -0.25) is 4.79 Å². The Morgan fingerprint density at radius 3 is 2.48 bits per heavy atom. The summed E-state index contributed by atoms with van der Waals surface area (Å²) >= 11 is 0. The van der Waals surface area contributed by atoms with Gasteiger partial charge >= 0.3 is 6.18 Å². The van der Waals surface area contributed by atoms with E-state index < -0.39 is 17.5 Å². The van der Waals surface area contributed by atoms with E-state index in [9.17, 15) is 18.0 Å². The van der Waals surface area contributed by atoms with Gasteiger partial charge in [0.2, 0.25) is 0 Å². The van der Waals surface area contributed by atoms with Crippen LogP contribution in [-0.2, 0) is 0 Å². The van der Waals surface area contributed by atoms with E-state index in [1.165, 1.54) is 10.7 Å². The molecule has 0 saturated heterocycles. The van der Waals surface area contributed by atoms with Gasteiger partial charge in [0, 0.05) is 11.8 Å². The van der Waals surface area contributed by atoms with Crippen molar-refractivity contribution in [3.05, 3.63) is 54.4 Å². The molecule has 4 nitrogen and oxygen atoms in total. The molecule has 2 aromatic heterocycles. The Bertz CT molecular complexity index is 809. The number of Topliss-reactive ketones (excluding diaryl/α,β-unsaturated/α-hetero) is 1. The summed E-state index contributed by atoms with van der Waals surface area (Å²) in [5.41, 5.74) is 0.653. The topological polar surface area (TPSA) is 47.3 Å². The van der Waals surface area contributed by atoms with Gasteiger partial charge in [0.05, 0.1) is 17.5 Å². The zero-order valence-corrected chi connectivity index (χ0v) is 10.5. The number of halogens is 3. The van der Waals surface area contributed by atoms with Gasteiger partial charge < -0.3 is 0 Å². The Kier molecular flexibility index (Phi) is 2.97. The van der Waals surface area contributed by atoms with E-state index in [0.717, 1.165) is 11.8 Å². The molecule has 1 aromatic carbocycles. The van der Waals surface area contributed by atoms with Gasteiger partial charge in [-0.15, -0.1) is 0 Å². The number of carbonyl (C=O) groups is 1. The highest BCUT2D eigenvalue weighted by molar-refractivity contribution is 6.05. The maximum atomic E-state index is 12.5. The lowest BCUT2D eigenvalue weighted by Gasteiger charge is -2.05. The minimum absolute atomic E-state index is 0.112. The molecule has 0 unspecified atom stereocenters. The molecular formula is C14H8F3N3O. The van der Waals surface area contributed by atoms with Crippen LogP contribution in [0.4, 0.5) is 13.2 Å². The predicted molar refractivity (Wildman–Crippen MR) is 68.8 cm³/mol. The number of carbonyl (C=O) groups excluding carboxylic acids is 1. The van der Waals surface area contributed by atoms with Crippen molar-refractivity contribution in [2.75, 3.05) is 0 Å². The summed E-state index contributed by atoms with van der Waals surface area (Å²) in [6.07, 6.45) is -2.70. The van der Waals surface area contributed by atoms with Gasteiger partial charge in [-0.1, -0.05) is 30.3 Å². The number of benzene rings is 1. The van der Waals surface area contributed by atoms with Gasteiger partial charge in [-0.2, -0.15) is 18.3 Å². The lowest BCUT2D eigenvalue weighted by atomic mass is 10.1. The molecule has 0 fully saturated rings. The third kappa shape index (κ3) is 2.26. The second-order valence-electron chi connectivity index (χ2n) is 4.32. The molecule has 0 aliphatic heterocycles. The number of nitrogens with zero attached hydrogens (tertiary/aromatic N) is 3. The van der Waals surface area contributed by atoms with Crippen molar-refractivity contribution in [2.45, 2.75) is 6.18 Å². The Morgan fingerprint density at radius 2 is 1.81 bits per heavy atom. The zero-order valence-electron chi connectivity index (χ0n) is 10.5. The Labute approximate surface area is 116 Å². The molecule has 0 aliphatic rings. The van der Waals surface area contributed by atoms with Crippen molar-refractivity contribution < 1.29 is 18.0 Å². The van der Waals surface area contributed by atoms with Gasteiger partial charge in [-0.05, 0) is 6.07 Å². The Morgan fingerprint density at radius 1 is 1.10 bits per heavy atom. The fraction of sp³-hybridized carbons (Fsp3) is 0.0714. The highest BCUT2D eigenvalue weighted by Crippen LogP contribution is 2.25. The fourth-order valence-corrected chi connectivity index (χ4v) is 2.03. The number of alkyl halides is 3. The van der Waals surface area contributed by atoms with Crippen LogP contribution in [0.25, 0.3) is 16.9 Å². The molecule has 0 N–H and O–H groups in total. The van der Waals surface area contributed by atoms with Crippen molar-refractivity contribution in [2.24, 2.45) is 0 Å². The van der Waals surface area contributed by atoms with Crippen LogP contribution in [0.3, 0.4) is 0 Å². The fourth-order valence-electron chi connectivity index (χ4n) is 2.03. The maximum absolute atomic E-state index is 12.5. The van der Waals surface area contributed by atoms with Crippen LogP contribution in [0.1, 0.15) is 10.4 Å². The van der Waals surface area contributed by atoms with Crippen LogP contribution in [0.2, 0.25) is 0 Å². The number of rotatable bonds is 2. The monoisotopic (exact) mass is 291 g/mol. The summed E-state index contributed by atoms with van der Waals surface area (Å²) in [6, 6.07) is 10.6. The number of ketones is 1. The van der Waals surface area contributed by atoms with E-state index in [0.29, 0.717) is 5.69 Å². The SMILES string of the molecule is O=C(c1cnn2c(-c3ccccc3)ccnc12)C(F)(F)F. The number of hydrogen-bond acceptors (Lipinski definition) is 3. The van der Waals surface area contributed by atoms with Crippen molar-refractivity contribution in [3.8, 4) is 11.3 Å². The standard InChI is InChI=1S/C14H8F3N3O/c15-14(16,17)12(21)10-8-19-20-11(6-7-18-13(10)20)9-4-2-1-3-5-9/h1-8H. The molecular weight excluding hydrogens is 283 g/mol. The second kappa shape index (κ2) is 4.69. The molecule has 0 spiro atoms. The average Bonchev–Trinajstić information content (AvgIpc) is 2.90. The van der Waals surface area contributed by atoms with Crippen LogP contribution in [0.5, 0.6) is 0 Å². The van der Waals surface area contributed by atoms with E-state index in [2.05, 4.69) is 10.1 Å². The minimum atomic E-state index is -4.95. The first-order chi connectivity index (χ1) is 9.98. The van der Waals surface area contributed by atoms with Crippen molar-refractivity contribution in [3.63, 3.8) is 0 Å². The molecule has 3 aromatic rings. The highest BCUT2D eigenvalue weighted by Gasteiger charge is 2.41. The Balaban J connectivity index is 2.20. The zero-order chi connectivity index (χ0) is 15.0. The number of fused-ring (bicyclic) bond motifs is 1. The molecule has 7 heteroatoms. The summed E-state index contributed by atoms with van der Waals surface area (Å²) in [4.78, 5) is 15.2. The largest absolute Gasteiger partial charge is 0.455 e. The molecule has 0 aliphatic carbocycles. The van der Waals surface area contributed by atoms with Crippen LogP contribution in [0, 0.1) is 0 Å². The summed E-state index contributed by atoms with van der Waals surface area (Å²) in [5.74, 6) is -1.95. The molecule has 0 atom stereocenters. The quantitative estimate of drug-likeness (QED) is 0.681. The molecule has 0 bridgehead atoms. The summed E-state index contributed by atoms with van der Waals surface area (Å²) in [5, 5.41) is 3.86. The van der Waals surface area contributed by atoms with Crippen LogP contribution in [0.15, 0.2) is 48.8 Å². The molecule has 106 valence electrons. The van der Waals surface area contributed by atoms with E-state index in [-0.39, 0.29) is 5.65 Å². The minimum Gasteiger partial charge on any atom is -0.284 e. The van der Waals surface area contributed by atoms with Crippen molar-refractivity contribution in [1.82, 2.24) is 14.6 Å². The van der Waals surface area contributed by atoms with E-state index >= 15 is 0 Å². The van der Waals surface area contributed by atoms with Gasteiger partial charge in [-0.25, -0.2) is 9.50 Å². The molecule has 21 heavy (non-hydrogen) atoms. The van der Waals surface area contributed by atoms with E-state index in [4.69, 9.17) is 0 Å². The molecule has 0 radical (unpaired) electrons.